The zero-order chi connectivity index (χ0) is 19.8. The predicted octanol–water partition coefficient (Wildman–Crippen LogP) is 4.54. The number of carbonyl (C=O) groups is 1. The van der Waals surface area contributed by atoms with Gasteiger partial charge >= 0.3 is 0 Å². The third-order valence-corrected chi connectivity index (χ3v) is 4.21. The van der Waals surface area contributed by atoms with E-state index in [0.717, 1.165) is 16.7 Å². The van der Waals surface area contributed by atoms with Gasteiger partial charge in [0.1, 0.15) is 11.5 Å². The van der Waals surface area contributed by atoms with Crippen LogP contribution in [0.3, 0.4) is 0 Å². The van der Waals surface area contributed by atoms with Crippen LogP contribution in [-0.2, 0) is 4.79 Å². The van der Waals surface area contributed by atoms with Crippen molar-refractivity contribution in [2.45, 2.75) is 0 Å². The Morgan fingerprint density at radius 1 is 1.04 bits per heavy atom. The molecule has 3 aromatic rings. The second-order valence-electron chi connectivity index (χ2n) is 5.87. The quantitative estimate of drug-likeness (QED) is 0.472. The van der Waals surface area contributed by atoms with E-state index >= 15 is 0 Å². The van der Waals surface area contributed by atoms with Crippen LogP contribution in [0.4, 0.5) is 0 Å². The topological polar surface area (TPSA) is 59.9 Å². The summed E-state index contributed by atoms with van der Waals surface area (Å²) in [5, 5.41) is 4.37. The summed E-state index contributed by atoms with van der Waals surface area (Å²) in [5.74, 6) is 0.832. The summed E-state index contributed by atoms with van der Waals surface area (Å²) in [7, 11) is 1.55. The molecule has 1 amide bonds. The molecule has 0 fully saturated rings. The van der Waals surface area contributed by atoms with Gasteiger partial charge in [0.25, 0.3) is 5.91 Å². The predicted molar refractivity (Wildman–Crippen MR) is 111 cm³/mol. The van der Waals surface area contributed by atoms with Gasteiger partial charge in [0.05, 0.1) is 18.3 Å². The SMILES string of the molecule is COc1ccc(/C=N\NC(=O)COc2ccc(-c3ccccc3)cc2)cc1Cl. The van der Waals surface area contributed by atoms with E-state index in [1.165, 1.54) is 6.21 Å². The average molecular weight is 395 g/mol. The van der Waals surface area contributed by atoms with Gasteiger partial charge in [0, 0.05) is 0 Å². The lowest BCUT2D eigenvalue weighted by molar-refractivity contribution is -0.123. The largest absolute Gasteiger partial charge is 0.495 e. The van der Waals surface area contributed by atoms with Crippen molar-refractivity contribution < 1.29 is 14.3 Å². The summed E-state index contributed by atoms with van der Waals surface area (Å²) >= 11 is 6.04. The van der Waals surface area contributed by atoms with Gasteiger partial charge in [0.15, 0.2) is 6.61 Å². The second-order valence-corrected chi connectivity index (χ2v) is 6.27. The second kappa shape index (κ2) is 9.58. The number of amides is 1. The molecule has 3 rings (SSSR count). The van der Waals surface area contributed by atoms with Crippen molar-refractivity contribution in [3.05, 3.63) is 83.4 Å². The average Bonchev–Trinajstić information content (AvgIpc) is 2.73. The van der Waals surface area contributed by atoms with E-state index in [2.05, 4.69) is 10.5 Å². The van der Waals surface area contributed by atoms with E-state index in [9.17, 15) is 4.79 Å². The maximum atomic E-state index is 11.9. The van der Waals surface area contributed by atoms with Crippen molar-refractivity contribution in [2.24, 2.45) is 5.10 Å². The van der Waals surface area contributed by atoms with E-state index in [4.69, 9.17) is 21.1 Å². The minimum Gasteiger partial charge on any atom is -0.495 e. The number of nitrogens with zero attached hydrogens (tertiary/aromatic N) is 1. The Hall–Kier alpha value is -3.31. The van der Waals surface area contributed by atoms with Gasteiger partial charge in [-0.2, -0.15) is 5.10 Å². The lowest BCUT2D eigenvalue weighted by Crippen LogP contribution is -2.24. The molecule has 0 heterocycles. The highest BCUT2D eigenvalue weighted by molar-refractivity contribution is 6.32. The first kappa shape index (κ1) is 19.5. The standard InChI is InChI=1S/C22H19ClN2O3/c1-27-21-12-7-16(13-20(21)23)14-24-25-22(26)15-28-19-10-8-18(9-11-19)17-5-3-2-4-6-17/h2-14H,15H2,1H3,(H,25,26)/b24-14-. The maximum absolute atomic E-state index is 11.9. The smallest absolute Gasteiger partial charge is 0.277 e. The monoisotopic (exact) mass is 394 g/mol. The first-order valence-corrected chi connectivity index (χ1v) is 8.97. The third-order valence-electron chi connectivity index (χ3n) is 3.91. The first-order valence-electron chi connectivity index (χ1n) is 8.59. The van der Waals surface area contributed by atoms with E-state index in [-0.39, 0.29) is 12.5 Å². The lowest BCUT2D eigenvalue weighted by atomic mass is 10.1. The Balaban J connectivity index is 1.48. The Bertz CT molecular complexity index is 957. The third kappa shape index (κ3) is 5.34. The molecule has 3 aromatic carbocycles. The van der Waals surface area contributed by atoms with Crippen LogP contribution in [0, 0.1) is 0 Å². The minimum atomic E-state index is -0.358. The van der Waals surface area contributed by atoms with Crippen LogP contribution in [-0.4, -0.2) is 25.8 Å². The number of carbonyl (C=O) groups excluding carboxylic acids is 1. The molecular formula is C22H19ClN2O3. The molecule has 142 valence electrons. The van der Waals surface area contributed by atoms with Crippen LogP contribution < -0.4 is 14.9 Å². The fourth-order valence-electron chi connectivity index (χ4n) is 2.50. The van der Waals surface area contributed by atoms with Crippen LogP contribution >= 0.6 is 11.6 Å². The number of nitrogens with one attached hydrogen (secondary N) is 1. The number of ether oxygens (including phenoxy) is 2. The van der Waals surface area contributed by atoms with Crippen molar-refractivity contribution in [2.75, 3.05) is 13.7 Å². The summed E-state index contributed by atoms with van der Waals surface area (Å²) in [6.07, 6.45) is 1.50. The summed E-state index contributed by atoms with van der Waals surface area (Å²) in [6.45, 7) is -0.134. The molecule has 5 nitrogen and oxygen atoms in total. The Kier molecular flexibility index (Phi) is 6.65. The Morgan fingerprint density at radius 2 is 1.75 bits per heavy atom. The molecule has 0 radical (unpaired) electrons. The van der Waals surface area contributed by atoms with Gasteiger partial charge in [-0.25, -0.2) is 5.43 Å². The van der Waals surface area contributed by atoms with Crippen LogP contribution in [0.15, 0.2) is 77.9 Å². The number of rotatable bonds is 7. The fraction of sp³-hybridized carbons (Fsp3) is 0.0909. The molecule has 1 N–H and O–H groups in total. The molecule has 0 saturated heterocycles. The van der Waals surface area contributed by atoms with Gasteiger partial charge in [0.2, 0.25) is 0 Å². The molecule has 28 heavy (non-hydrogen) atoms. The Labute approximate surface area is 168 Å². The molecule has 0 aliphatic heterocycles. The molecule has 0 unspecified atom stereocenters. The normalized spacial score (nSPS) is 10.6. The number of benzene rings is 3. The highest BCUT2D eigenvalue weighted by Crippen LogP contribution is 2.24. The van der Waals surface area contributed by atoms with Crippen molar-refractivity contribution >= 4 is 23.7 Å². The number of hydrogen-bond acceptors (Lipinski definition) is 4. The van der Waals surface area contributed by atoms with E-state index < -0.39 is 0 Å². The zero-order valence-corrected chi connectivity index (χ0v) is 16.0. The van der Waals surface area contributed by atoms with Gasteiger partial charge < -0.3 is 9.47 Å². The van der Waals surface area contributed by atoms with Gasteiger partial charge in [-0.1, -0.05) is 54.1 Å². The molecule has 6 heteroatoms. The Morgan fingerprint density at radius 3 is 2.43 bits per heavy atom. The van der Waals surface area contributed by atoms with E-state index in [1.807, 2.05) is 54.6 Å². The molecule has 0 aliphatic carbocycles. The molecule has 0 aromatic heterocycles. The summed E-state index contributed by atoms with van der Waals surface area (Å²) in [6, 6.07) is 22.8. The van der Waals surface area contributed by atoms with Crippen molar-refractivity contribution in [3.63, 3.8) is 0 Å². The fourth-order valence-corrected chi connectivity index (χ4v) is 2.76. The summed E-state index contributed by atoms with van der Waals surface area (Å²) in [4.78, 5) is 11.9. The first-order chi connectivity index (χ1) is 13.7. The van der Waals surface area contributed by atoms with Crippen molar-refractivity contribution in [1.82, 2.24) is 5.43 Å². The van der Waals surface area contributed by atoms with E-state index in [1.54, 1.807) is 25.3 Å². The van der Waals surface area contributed by atoms with Gasteiger partial charge in [-0.3, -0.25) is 4.79 Å². The van der Waals surface area contributed by atoms with Crippen LogP contribution in [0.2, 0.25) is 5.02 Å². The van der Waals surface area contributed by atoms with Gasteiger partial charge in [-0.15, -0.1) is 0 Å². The zero-order valence-electron chi connectivity index (χ0n) is 15.3. The lowest BCUT2D eigenvalue weighted by Gasteiger charge is -2.07. The van der Waals surface area contributed by atoms with E-state index in [0.29, 0.717) is 16.5 Å². The number of halogens is 1. The number of methoxy groups -OCH3 is 1. The molecule has 0 saturated carbocycles. The highest BCUT2D eigenvalue weighted by atomic mass is 35.5. The molecule has 0 spiro atoms. The van der Waals surface area contributed by atoms with Crippen molar-refractivity contribution in [3.8, 4) is 22.6 Å². The maximum Gasteiger partial charge on any atom is 0.277 e. The minimum absolute atomic E-state index is 0.134. The van der Waals surface area contributed by atoms with Gasteiger partial charge in [-0.05, 0) is 47.0 Å². The summed E-state index contributed by atoms with van der Waals surface area (Å²) in [5.41, 5.74) is 5.37. The number of hydrogen-bond donors (Lipinski definition) is 1. The highest BCUT2D eigenvalue weighted by Gasteiger charge is 2.03. The molecule has 0 bridgehead atoms. The molecule has 0 atom stereocenters. The number of hydrazone groups is 1. The summed E-state index contributed by atoms with van der Waals surface area (Å²) < 4.78 is 10.6. The molecular weight excluding hydrogens is 376 g/mol. The van der Waals surface area contributed by atoms with Crippen molar-refractivity contribution in [1.29, 1.82) is 0 Å². The van der Waals surface area contributed by atoms with Crippen LogP contribution in [0.1, 0.15) is 5.56 Å². The molecule has 0 aliphatic rings. The van der Waals surface area contributed by atoms with Crippen LogP contribution in [0.5, 0.6) is 11.5 Å². The van der Waals surface area contributed by atoms with Crippen LogP contribution in [0.25, 0.3) is 11.1 Å².